The van der Waals surface area contributed by atoms with E-state index >= 15 is 0 Å². The number of benzene rings is 2. The first-order chi connectivity index (χ1) is 15.9. The summed E-state index contributed by atoms with van der Waals surface area (Å²) in [6.45, 7) is 6.11. The monoisotopic (exact) mass is 508 g/mol. The SMILES string of the molecule is Cc1ccc(-n2c(=S)sc3c(=O)n(-c4ccccc4)c(SCc4csc(C)n4)nc32)c(C)c1. The van der Waals surface area contributed by atoms with Crippen LogP contribution >= 0.6 is 46.7 Å². The van der Waals surface area contributed by atoms with Gasteiger partial charge >= 0.3 is 0 Å². The molecule has 0 radical (unpaired) electrons. The fourth-order valence-electron chi connectivity index (χ4n) is 3.72. The van der Waals surface area contributed by atoms with Crippen LogP contribution in [0.5, 0.6) is 0 Å². The molecule has 0 saturated heterocycles. The van der Waals surface area contributed by atoms with Gasteiger partial charge in [0, 0.05) is 11.1 Å². The van der Waals surface area contributed by atoms with Gasteiger partial charge < -0.3 is 0 Å². The second-order valence-corrected chi connectivity index (χ2v) is 11.3. The first-order valence-corrected chi connectivity index (χ1v) is 13.4. The molecule has 0 unspecified atom stereocenters. The van der Waals surface area contributed by atoms with Gasteiger partial charge in [-0.25, -0.2) is 9.97 Å². The molecule has 9 heteroatoms. The molecular formula is C24H20N4OS4. The highest BCUT2D eigenvalue weighted by molar-refractivity contribution is 7.98. The molecule has 0 amide bonds. The lowest BCUT2D eigenvalue weighted by molar-refractivity contribution is 0.811. The molecule has 166 valence electrons. The Labute approximate surface area is 208 Å². The second kappa shape index (κ2) is 8.98. The van der Waals surface area contributed by atoms with Crippen LogP contribution in [0.25, 0.3) is 21.7 Å². The van der Waals surface area contributed by atoms with Crippen molar-refractivity contribution < 1.29 is 0 Å². The molecule has 3 heterocycles. The van der Waals surface area contributed by atoms with E-state index in [1.54, 1.807) is 15.9 Å². The Kier molecular flexibility index (Phi) is 6.05. The highest BCUT2D eigenvalue weighted by atomic mass is 32.2. The van der Waals surface area contributed by atoms with Gasteiger partial charge in [0.15, 0.2) is 14.8 Å². The summed E-state index contributed by atoms with van der Waals surface area (Å²) >= 11 is 10.2. The van der Waals surface area contributed by atoms with E-state index in [0.29, 0.717) is 25.2 Å². The van der Waals surface area contributed by atoms with Crippen LogP contribution in [0, 0.1) is 24.7 Å². The first kappa shape index (κ1) is 22.2. The highest BCUT2D eigenvalue weighted by Gasteiger charge is 2.20. The maximum absolute atomic E-state index is 13.7. The Hall–Kier alpha value is -2.59. The zero-order chi connectivity index (χ0) is 23.1. The molecule has 0 bridgehead atoms. The van der Waals surface area contributed by atoms with Crippen LogP contribution in [0.3, 0.4) is 0 Å². The van der Waals surface area contributed by atoms with E-state index < -0.39 is 0 Å². The minimum absolute atomic E-state index is 0.109. The summed E-state index contributed by atoms with van der Waals surface area (Å²) < 4.78 is 4.78. The van der Waals surface area contributed by atoms with Crippen LogP contribution in [-0.4, -0.2) is 19.1 Å². The molecular weight excluding hydrogens is 489 g/mol. The van der Waals surface area contributed by atoms with E-state index in [-0.39, 0.29) is 5.56 Å². The van der Waals surface area contributed by atoms with Crippen LogP contribution in [0.1, 0.15) is 21.8 Å². The molecule has 0 aliphatic rings. The van der Waals surface area contributed by atoms with Gasteiger partial charge in [-0.1, -0.05) is 59.0 Å². The van der Waals surface area contributed by atoms with Crippen LogP contribution in [0.15, 0.2) is 63.9 Å². The van der Waals surface area contributed by atoms with Gasteiger partial charge in [0.25, 0.3) is 5.56 Å². The Morgan fingerprint density at radius 2 is 1.82 bits per heavy atom. The fraction of sp³-hybridized carbons (Fsp3) is 0.167. The molecule has 5 aromatic rings. The topological polar surface area (TPSA) is 52.7 Å². The number of thioether (sulfide) groups is 1. The van der Waals surface area contributed by atoms with E-state index in [1.165, 1.54) is 28.7 Å². The first-order valence-electron chi connectivity index (χ1n) is 10.3. The lowest BCUT2D eigenvalue weighted by Gasteiger charge is -2.13. The molecule has 0 aliphatic carbocycles. The van der Waals surface area contributed by atoms with Crippen molar-refractivity contribution >= 4 is 57.0 Å². The summed E-state index contributed by atoms with van der Waals surface area (Å²) in [5.74, 6) is 0.629. The number of rotatable bonds is 5. The van der Waals surface area contributed by atoms with Crippen LogP contribution in [0.4, 0.5) is 0 Å². The van der Waals surface area contributed by atoms with Crippen LogP contribution in [-0.2, 0) is 5.75 Å². The van der Waals surface area contributed by atoms with Gasteiger partial charge in [0.2, 0.25) is 0 Å². The predicted octanol–water partition coefficient (Wildman–Crippen LogP) is 6.64. The Morgan fingerprint density at radius 3 is 2.52 bits per heavy atom. The quantitative estimate of drug-likeness (QED) is 0.151. The molecule has 33 heavy (non-hydrogen) atoms. The van der Waals surface area contributed by atoms with E-state index in [9.17, 15) is 4.79 Å². The predicted molar refractivity (Wildman–Crippen MR) is 141 cm³/mol. The third-order valence-corrected chi connectivity index (χ3v) is 8.35. The lowest BCUT2D eigenvalue weighted by atomic mass is 10.1. The summed E-state index contributed by atoms with van der Waals surface area (Å²) in [7, 11) is 0. The number of aromatic nitrogens is 4. The maximum Gasteiger partial charge on any atom is 0.278 e. The number of nitrogens with zero attached hydrogens (tertiary/aromatic N) is 4. The molecule has 0 aliphatic heterocycles. The van der Waals surface area contributed by atoms with Crippen molar-refractivity contribution in [2.45, 2.75) is 31.7 Å². The van der Waals surface area contributed by atoms with E-state index in [2.05, 4.69) is 31.0 Å². The molecule has 5 rings (SSSR count). The Balaban J connectivity index is 1.74. The van der Waals surface area contributed by atoms with Gasteiger partial charge in [-0.15, -0.1) is 11.3 Å². The summed E-state index contributed by atoms with van der Waals surface area (Å²) in [5, 5.41) is 3.69. The van der Waals surface area contributed by atoms with Crippen molar-refractivity contribution in [1.29, 1.82) is 0 Å². The average Bonchev–Trinajstić information content (AvgIpc) is 3.36. The van der Waals surface area contributed by atoms with Crippen LogP contribution < -0.4 is 5.56 Å². The standard InChI is InChI=1S/C24H20N4OS4/c1-14-9-10-19(15(2)11-14)28-21-20(33-24(28)30)22(29)27(18-7-5-4-6-8-18)23(26-21)32-13-17-12-31-16(3)25-17/h4-12H,13H2,1-3H3. The summed E-state index contributed by atoms with van der Waals surface area (Å²) in [4.78, 5) is 23.3. The number of hydrogen-bond donors (Lipinski definition) is 0. The fourth-order valence-corrected chi connectivity index (χ4v) is 6.62. The van der Waals surface area contributed by atoms with Crippen molar-refractivity contribution in [1.82, 2.24) is 19.1 Å². The number of aryl methyl sites for hydroxylation is 3. The van der Waals surface area contributed by atoms with Crippen molar-refractivity contribution in [3.63, 3.8) is 0 Å². The maximum atomic E-state index is 13.7. The molecule has 3 aromatic heterocycles. The Bertz CT molecular complexity index is 1590. The molecule has 0 N–H and O–H groups in total. The van der Waals surface area contributed by atoms with Gasteiger partial charge in [0.1, 0.15) is 4.70 Å². The smallest absolute Gasteiger partial charge is 0.275 e. The second-order valence-electron chi connectivity index (χ2n) is 7.66. The minimum Gasteiger partial charge on any atom is -0.275 e. The van der Waals surface area contributed by atoms with Crippen molar-refractivity contribution in [3.05, 3.63) is 90.0 Å². The van der Waals surface area contributed by atoms with E-state index in [0.717, 1.165) is 27.6 Å². The summed E-state index contributed by atoms with van der Waals surface area (Å²) in [5.41, 5.74) is 5.48. The van der Waals surface area contributed by atoms with Gasteiger partial charge in [-0.05, 0) is 56.8 Å². The zero-order valence-electron chi connectivity index (χ0n) is 18.2. The molecule has 0 atom stereocenters. The third-order valence-electron chi connectivity index (χ3n) is 5.20. The number of fused-ring (bicyclic) bond motifs is 1. The molecule has 0 spiro atoms. The average molecular weight is 509 g/mol. The van der Waals surface area contributed by atoms with Crippen molar-refractivity contribution in [2.75, 3.05) is 0 Å². The van der Waals surface area contributed by atoms with Crippen molar-refractivity contribution in [3.8, 4) is 11.4 Å². The Morgan fingerprint density at radius 1 is 1.03 bits per heavy atom. The van der Waals surface area contributed by atoms with Gasteiger partial charge in [0.05, 0.1) is 22.1 Å². The largest absolute Gasteiger partial charge is 0.278 e. The minimum atomic E-state index is -0.109. The zero-order valence-corrected chi connectivity index (χ0v) is 21.5. The molecule has 0 fully saturated rings. The summed E-state index contributed by atoms with van der Waals surface area (Å²) in [6.07, 6.45) is 0. The van der Waals surface area contributed by atoms with E-state index in [1.807, 2.05) is 53.3 Å². The molecule has 5 nitrogen and oxygen atoms in total. The van der Waals surface area contributed by atoms with Gasteiger partial charge in [-0.2, -0.15) is 0 Å². The highest BCUT2D eigenvalue weighted by Crippen LogP contribution is 2.30. The van der Waals surface area contributed by atoms with Gasteiger partial charge in [-0.3, -0.25) is 13.9 Å². The number of thiazole rings is 2. The number of hydrogen-bond acceptors (Lipinski definition) is 7. The molecule has 0 saturated carbocycles. The normalized spacial score (nSPS) is 11.4. The van der Waals surface area contributed by atoms with Crippen LogP contribution in [0.2, 0.25) is 0 Å². The number of para-hydroxylation sites is 1. The van der Waals surface area contributed by atoms with Crippen molar-refractivity contribution in [2.24, 2.45) is 0 Å². The lowest BCUT2D eigenvalue weighted by Crippen LogP contribution is -2.21. The molecule has 2 aromatic carbocycles. The summed E-state index contributed by atoms with van der Waals surface area (Å²) in [6, 6.07) is 15.8. The van der Waals surface area contributed by atoms with E-state index in [4.69, 9.17) is 17.2 Å². The third kappa shape index (κ3) is 4.21.